The second kappa shape index (κ2) is 7.25. The number of likely N-dealkylation sites (N-methyl/N-ethyl adjacent to an activating group) is 1. The molecule has 1 amide bonds. The van der Waals surface area contributed by atoms with E-state index in [0.29, 0.717) is 13.1 Å². The Balaban J connectivity index is 2.92. The smallest absolute Gasteiger partial charge is 0.244 e. The second-order valence-electron chi connectivity index (χ2n) is 4.28. The first-order valence-electron chi connectivity index (χ1n) is 6.39. The fraction of sp³-hybridized carbons (Fsp3) is 0.429. The molecular weight excluding hydrogens is 325 g/mol. The molecule has 0 saturated heterocycles. The van der Waals surface area contributed by atoms with Gasteiger partial charge in [-0.25, -0.2) is 4.39 Å². The molecule has 1 aromatic rings. The van der Waals surface area contributed by atoms with Crippen LogP contribution in [-0.2, 0) is 4.79 Å². The average molecular weight is 342 g/mol. The van der Waals surface area contributed by atoms with E-state index >= 15 is 0 Å². The van der Waals surface area contributed by atoms with Crippen LogP contribution in [0.25, 0.3) is 0 Å². The van der Waals surface area contributed by atoms with Gasteiger partial charge in [-0.05, 0) is 48.8 Å². The van der Waals surface area contributed by atoms with Gasteiger partial charge in [0.15, 0.2) is 5.82 Å². The second-order valence-corrected chi connectivity index (χ2v) is 5.07. The largest absolute Gasteiger partial charge is 0.371 e. The number of benzene rings is 1. The molecule has 4 nitrogen and oxygen atoms in total. The summed E-state index contributed by atoms with van der Waals surface area (Å²) in [5.41, 5.74) is 0.416. The van der Waals surface area contributed by atoms with Gasteiger partial charge < -0.3 is 10.2 Å². The number of carbonyl (C=O) groups excluding carboxylic acids is 1. The van der Waals surface area contributed by atoms with Crippen molar-refractivity contribution in [3.05, 3.63) is 28.0 Å². The number of anilines is 1. The first-order chi connectivity index (χ1) is 9.46. The van der Waals surface area contributed by atoms with Gasteiger partial charge in [0.25, 0.3) is 0 Å². The molecule has 0 bridgehead atoms. The van der Waals surface area contributed by atoms with Crippen LogP contribution >= 0.6 is 15.9 Å². The van der Waals surface area contributed by atoms with Crippen molar-refractivity contribution in [2.45, 2.75) is 26.8 Å². The van der Waals surface area contributed by atoms with Gasteiger partial charge in [0.1, 0.15) is 12.1 Å². The maximum atomic E-state index is 14.1. The van der Waals surface area contributed by atoms with E-state index in [4.69, 9.17) is 5.26 Å². The minimum Gasteiger partial charge on any atom is -0.371 e. The number of hydrogen-bond acceptors (Lipinski definition) is 3. The number of hydrogen-bond donors (Lipinski definition) is 1. The molecule has 0 aromatic heterocycles. The van der Waals surface area contributed by atoms with Crippen LogP contribution in [0.4, 0.5) is 10.1 Å². The number of nitrogens with zero attached hydrogens (tertiary/aromatic N) is 2. The normalized spacial score (nSPS) is 11.6. The highest BCUT2D eigenvalue weighted by Crippen LogP contribution is 2.27. The van der Waals surface area contributed by atoms with E-state index in [1.807, 2.05) is 19.9 Å². The van der Waals surface area contributed by atoms with Gasteiger partial charge in [0.2, 0.25) is 5.91 Å². The van der Waals surface area contributed by atoms with Crippen LogP contribution in [0, 0.1) is 17.1 Å². The average Bonchev–Trinajstić information content (AvgIpc) is 2.45. The van der Waals surface area contributed by atoms with Gasteiger partial charge in [-0.1, -0.05) is 0 Å². The van der Waals surface area contributed by atoms with E-state index in [2.05, 4.69) is 21.2 Å². The zero-order chi connectivity index (χ0) is 15.3. The summed E-state index contributed by atoms with van der Waals surface area (Å²) in [4.78, 5) is 13.8. The van der Waals surface area contributed by atoms with Crippen LogP contribution in [0.1, 0.15) is 26.3 Å². The third-order valence-electron chi connectivity index (χ3n) is 3.02. The molecule has 0 radical (unpaired) electrons. The maximum absolute atomic E-state index is 14.1. The highest BCUT2D eigenvalue weighted by Gasteiger charge is 2.20. The lowest BCUT2D eigenvalue weighted by molar-refractivity contribution is -0.131. The van der Waals surface area contributed by atoms with Crippen molar-refractivity contribution in [3.63, 3.8) is 0 Å². The molecule has 1 aromatic carbocycles. The summed E-state index contributed by atoms with van der Waals surface area (Å²) < 4.78 is 14.2. The Morgan fingerprint density at radius 1 is 1.50 bits per heavy atom. The maximum Gasteiger partial charge on any atom is 0.244 e. The van der Waals surface area contributed by atoms with Crippen molar-refractivity contribution in [1.29, 1.82) is 5.26 Å². The van der Waals surface area contributed by atoms with E-state index in [9.17, 15) is 9.18 Å². The predicted octanol–water partition coefficient (Wildman–Crippen LogP) is 3.13. The highest BCUT2D eigenvalue weighted by atomic mass is 79.9. The minimum absolute atomic E-state index is 0.0881. The lowest BCUT2D eigenvalue weighted by Gasteiger charge is -2.24. The molecule has 6 heteroatoms. The summed E-state index contributed by atoms with van der Waals surface area (Å²) in [6.45, 7) is 6.70. The zero-order valence-corrected chi connectivity index (χ0v) is 13.3. The number of halogens is 2. The van der Waals surface area contributed by atoms with E-state index in [1.165, 1.54) is 12.1 Å². The molecule has 1 unspecified atom stereocenters. The highest BCUT2D eigenvalue weighted by molar-refractivity contribution is 9.10. The van der Waals surface area contributed by atoms with Crippen molar-refractivity contribution >= 4 is 27.5 Å². The molecule has 0 fully saturated rings. The molecule has 1 atom stereocenters. The molecule has 0 heterocycles. The van der Waals surface area contributed by atoms with E-state index in [1.54, 1.807) is 11.8 Å². The summed E-state index contributed by atoms with van der Waals surface area (Å²) in [5, 5.41) is 11.7. The third kappa shape index (κ3) is 3.48. The summed E-state index contributed by atoms with van der Waals surface area (Å²) in [6, 6.07) is 4.32. The number of nitriles is 1. The standard InChI is InChI=1S/C14H17BrFN3O/c1-4-19(5-2)14(20)9(3)18-11-7-6-10(8-17)12(15)13(11)16/h6-7,9,18H,4-5H2,1-3H3. The molecule has 1 N–H and O–H groups in total. The molecule has 20 heavy (non-hydrogen) atoms. The Morgan fingerprint density at radius 3 is 2.60 bits per heavy atom. The summed E-state index contributed by atoms with van der Waals surface area (Å²) in [6.07, 6.45) is 0. The van der Waals surface area contributed by atoms with Crippen LogP contribution in [0.5, 0.6) is 0 Å². The monoisotopic (exact) mass is 341 g/mol. The molecule has 1 rings (SSSR count). The number of nitrogens with one attached hydrogen (secondary N) is 1. The van der Waals surface area contributed by atoms with Gasteiger partial charge in [-0.3, -0.25) is 4.79 Å². The van der Waals surface area contributed by atoms with Gasteiger partial charge in [-0.2, -0.15) is 5.26 Å². The fourth-order valence-corrected chi connectivity index (χ4v) is 2.29. The number of amides is 1. The van der Waals surface area contributed by atoms with Crippen LogP contribution in [-0.4, -0.2) is 29.9 Å². The van der Waals surface area contributed by atoms with E-state index in [-0.39, 0.29) is 21.6 Å². The Labute approximate surface area is 126 Å². The molecule has 0 aliphatic heterocycles. The summed E-state index contributed by atoms with van der Waals surface area (Å²) in [5.74, 6) is -0.655. The molecule has 0 aliphatic carbocycles. The Bertz CT molecular complexity index is 538. The zero-order valence-electron chi connectivity index (χ0n) is 11.7. The predicted molar refractivity (Wildman–Crippen MR) is 79.8 cm³/mol. The van der Waals surface area contributed by atoms with Crippen LogP contribution < -0.4 is 5.32 Å². The first-order valence-corrected chi connectivity index (χ1v) is 7.18. The van der Waals surface area contributed by atoms with Gasteiger partial charge in [0, 0.05) is 13.1 Å². The van der Waals surface area contributed by atoms with E-state index in [0.717, 1.165) is 0 Å². The molecule has 0 aliphatic rings. The van der Waals surface area contributed by atoms with Crippen LogP contribution in [0.3, 0.4) is 0 Å². The molecule has 0 spiro atoms. The Hall–Kier alpha value is -1.61. The molecular formula is C14H17BrFN3O. The van der Waals surface area contributed by atoms with Crippen LogP contribution in [0.15, 0.2) is 16.6 Å². The van der Waals surface area contributed by atoms with Gasteiger partial charge in [-0.15, -0.1) is 0 Å². The quantitative estimate of drug-likeness (QED) is 0.894. The lowest BCUT2D eigenvalue weighted by atomic mass is 10.2. The molecule has 108 valence electrons. The van der Waals surface area contributed by atoms with Crippen molar-refractivity contribution in [2.24, 2.45) is 0 Å². The van der Waals surface area contributed by atoms with Crippen molar-refractivity contribution < 1.29 is 9.18 Å². The van der Waals surface area contributed by atoms with Gasteiger partial charge >= 0.3 is 0 Å². The van der Waals surface area contributed by atoms with Crippen molar-refractivity contribution in [2.75, 3.05) is 18.4 Å². The van der Waals surface area contributed by atoms with Gasteiger partial charge in [0.05, 0.1) is 15.7 Å². The Kier molecular flexibility index (Phi) is 5.96. The minimum atomic E-state index is -0.566. The SMILES string of the molecule is CCN(CC)C(=O)C(C)Nc1ccc(C#N)c(Br)c1F. The third-order valence-corrected chi connectivity index (χ3v) is 3.80. The summed E-state index contributed by atoms with van der Waals surface area (Å²) >= 11 is 3.04. The van der Waals surface area contributed by atoms with Crippen LogP contribution in [0.2, 0.25) is 0 Å². The lowest BCUT2D eigenvalue weighted by Crippen LogP contribution is -2.41. The summed E-state index contributed by atoms with van der Waals surface area (Å²) in [7, 11) is 0. The Morgan fingerprint density at radius 2 is 2.10 bits per heavy atom. The number of carbonyl (C=O) groups is 1. The topological polar surface area (TPSA) is 56.1 Å². The van der Waals surface area contributed by atoms with E-state index < -0.39 is 11.9 Å². The first kappa shape index (κ1) is 16.4. The number of rotatable bonds is 5. The fourth-order valence-electron chi connectivity index (χ4n) is 1.85. The van der Waals surface area contributed by atoms with Crippen molar-refractivity contribution in [3.8, 4) is 6.07 Å². The molecule has 0 saturated carbocycles. The van der Waals surface area contributed by atoms with Crippen molar-refractivity contribution in [1.82, 2.24) is 4.90 Å².